The van der Waals surface area contributed by atoms with E-state index in [9.17, 15) is 0 Å². The summed E-state index contributed by atoms with van der Waals surface area (Å²) < 4.78 is 0. The van der Waals surface area contributed by atoms with E-state index in [2.05, 4.69) is 32.3 Å². The normalized spacial score (nSPS) is 15.9. The fraction of sp³-hybridized carbons (Fsp3) is 0.375. The van der Waals surface area contributed by atoms with Gasteiger partial charge in [-0.05, 0) is 43.0 Å². The number of piperidine rings is 1. The highest BCUT2D eigenvalue weighted by molar-refractivity contribution is 5.60. The molecule has 2 aromatic heterocycles. The highest BCUT2D eigenvalue weighted by atomic mass is 15.1. The van der Waals surface area contributed by atoms with Crippen LogP contribution in [-0.4, -0.2) is 29.6 Å². The topological polar surface area (TPSA) is 67.1 Å². The Bertz CT molecular complexity index is 564. The number of rotatable bonds is 4. The molecule has 1 aliphatic heterocycles. The standard InChI is InChI=1S/C16H21N5/c17-15-2-1-7-19-16(15)20-12-13-5-10-21(11-6-13)14-3-8-18-9-4-14/h1-4,7-9,13H,5-6,10-12,17H2,(H,19,20). The molecule has 5 heteroatoms. The highest BCUT2D eigenvalue weighted by Crippen LogP contribution is 2.23. The van der Waals surface area contributed by atoms with Crippen molar-refractivity contribution in [3.8, 4) is 0 Å². The highest BCUT2D eigenvalue weighted by Gasteiger charge is 2.19. The van der Waals surface area contributed by atoms with Crippen LogP contribution in [0.5, 0.6) is 0 Å². The van der Waals surface area contributed by atoms with Gasteiger partial charge in [-0.2, -0.15) is 0 Å². The maximum absolute atomic E-state index is 5.90. The summed E-state index contributed by atoms with van der Waals surface area (Å²) in [5.41, 5.74) is 7.88. The monoisotopic (exact) mass is 283 g/mol. The van der Waals surface area contributed by atoms with E-state index in [4.69, 9.17) is 5.73 Å². The fourth-order valence-electron chi connectivity index (χ4n) is 2.76. The molecule has 21 heavy (non-hydrogen) atoms. The van der Waals surface area contributed by atoms with Gasteiger partial charge in [-0.15, -0.1) is 0 Å². The molecule has 3 rings (SSSR count). The van der Waals surface area contributed by atoms with E-state index in [0.29, 0.717) is 11.6 Å². The van der Waals surface area contributed by atoms with Crippen LogP contribution in [0, 0.1) is 5.92 Å². The Kier molecular flexibility index (Phi) is 4.19. The summed E-state index contributed by atoms with van der Waals surface area (Å²) in [7, 11) is 0. The predicted molar refractivity (Wildman–Crippen MR) is 86.3 cm³/mol. The zero-order valence-corrected chi connectivity index (χ0v) is 12.1. The average molecular weight is 283 g/mol. The van der Waals surface area contributed by atoms with Crippen molar-refractivity contribution in [3.63, 3.8) is 0 Å². The second-order valence-electron chi connectivity index (χ2n) is 5.46. The molecule has 3 N–H and O–H groups in total. The molecule has 0 radical (unpaired) electrons. The molecule has 3 heterocycles. The molecule has 0 atom stereocenters. The molecule has 0 amide bonds. The number of nitrogen functional groups attached to an aromatic ring is 1. The van der Waals surface area contributed by atoms with Crippen molar-refractivity contribution < 1.29 is 0 Å². The van der Waals surface area contributed by atoms with Crippen LogP contribution in [0.4, 0.5) is 17.2 Å². The number of nitrogens with zero attached hydrogens (tertiary/aromatic N) is 3. The summed E-state index contributed by atoms with van der Waals surface area (Å²) in [4.78, 5) is 10.8. The second kappa shape index (κ2) is 6.43. The largest absolute Gasteiger partial charge is 0.396 e. The van der Waals surface area contributed by atoms with Gasteiger partial charge in [0.1, 0.15) is 5.82 Å². The molecule has 0 aromatic carbocycles. The Morgan fingerprint density at radius 1 is 1.14 bits per heavy atom. The third kappa shape index (κ3) is 3.42. The molecule has 0 aliphatic carbocycles. The van der Waals surface area contributed by atoms with E-state index in [1.165, 1.54) is 18.5 Å². The average Bonchev–Trinajstić information content (AvgIpc) is 2.55. The molecule has 2 aromatic rings. The van der Waals surface area contributed by atoms with Crippen molar-refractivity contribution in [3.05, 3.63) is 42.9 Å². The SMILES string of the molecule is Nc1cccnc1NCC1CCN(c2ccncc2)CC1. The van der Waals surface area contributed by atoms with Crippen molar-refractivity contribution in [1.82, 2.24) is 9.97 Å². The Balaban J connectivity index is 1.49. The lowest BCUT2D eigenvalue weighted by Gasteiger charge is -2.33. The Morgan fingerprint density at radius 2 is 1.90 bits per heavy atom. The molecule has 1 fully saturated rings. The van der Waals surface area contributed by atoms with Crippen molar-refractivity contribution in [2.45, 2.75) is 12.8 Å². The minimum absolute atomic E-state index is 0.671. The molecule has 0 bridgehead atoms. The van der Waals surface area contributed by atoms with Crippen molar-refractivity contribution in [1.29, 1.82) is 0 Å². The van der Waals surface area contributed by atoms with Crippen LogP contribution in [0.3, 0.4) is 0 Å². The first kappa shape index (κ1) is 13.7. The number of nitrogens with two attached hydrogens (primary N) is 1. The number of hydrogen-bond donors (Lipinski definition) is 2. The minimum Gasteiger partial charge on any atom is -0.396 e. The number of aromatic nitrogens is 2. The molecular formula is C16H21N5. The van der Waals surface area contributed by atoms with Crippen molar-refractivity contribution in [2.24, 2.45) is 5.92 Å². The Morgan fingerprint density at radius 3 is 2.62 bits per heavy atom. The molecular weight excluding hydrogens is 262 g/mol. The number of nitrogens with one attached hydrogen (secondary N) is 1. The fourth-order valence-corrected chi connectivity index (χ4v) is 2.76. The molecule has 0 unspecified atom stereocenters. The zero-order valence-electron chi connectivity index (χ0n) is 12.1. The quantitative estimate of drug-likeness (QED) is 0.902. The van der Waals surface area contributed by atoms with Crippen LogP contribution < -0.4 is 16.0 Å². The third-order valence-electron chi connectivity index (χ3n) is 4.04. The zero-order chi connectivity index (χ0) is 14.5. The lowest BCUT2D eigenvalue weighted by Crippen LogP contribution is -2.35. The minimum atomic E-state index is 0.671. The molecule has 0 saturated carbocycles. The molecule has 1 aliphatic rings. The summed E-state index contributed by atoms with van der Waals surface area (Å²) in [6.45, 7) is 3.12. The van der Waals surface area contributed by atoms with Crippen LogP contribution in [0.1, 0.15) is 12.8 Å². The van der Waals surface area contributed by atoms with E-state index < -0.39 is 0 Å². The van der Waals surface area contributed by atoms with Gasteiger partial charge in [0.15, 0.2) is 0 Å². The predicted octanol–water partition coefficient (Wildman–Crippen LogP) is 2.39. The Labute approximate surface area is 125 Å². The lowest BCUT2D eigenvalue weighted by atomic mass is 9.96. The summed E-state index contributed by atoms with van der Waals surface area (Å²) in [6, 6.07) is 7.88. The summed E-state index contributed by atoms with van der Waals surface area (Å²) >= 11 is 0. The number of pyridine rings is 2. The molecule has 5 nitrogen and oxygen atoms in total. The van der Waals surface area contributed by atoms with Gasteiger partial charge in [0.2, 0.25) is 0 Å². The first-order chi connectivity index (χ1) is 10.3. The maximum atomic E-state index is 5.90. The smallest absolute Gasteiger partial charge is 0.149 e. The van der Waals surface area contributed by atoms with Crippen LogP contribution in [0.15, 0.2) is 42.9 Å². The van der Waals surface area contributed by atoms with E-state index in [1.54, 1.807) is 6.20 Å². The van der Waals surface area contributed by atoms with Gasteiger partial charge in [0.05, 0.1) is 5.69 Å². The van der Waals surface area contributed by atoms with Gasteiger partial charge in [0.25, 0.3) is 0 Å². The first-order valence-corrected chi connectivity index (χ1v) is 7.42. The van der Waals surface area contributed by atoms with Gasteiger partial charge in [-0.25, -0.2) is 4.98 Å². The van der Waals surface area contributed by atoms with E-state index >= 15 is 0 Å². The second-order valence-corrected chi connectivity index (χ2v) is 5.46. The summed E-state index contributed by atoms with van der Waals surface area (Å²) in [5, 5.41) is 3.37. The number of hydrogen-bond acceptors (Lipinski definition) is 5. The molecule has 0 spiro atoms. The summed E-state index contributed by atoms with van der Waals surface area (Å²) in [6.07, 6.45) is 7.84. The van der Waals surface area contributed by atoms with Gasteiger partial charge < -0.3 is 16.0 Å². The van der Waals surface area contributed by atoms with Crippen LogP contribution in [0.2, 0.25) is 0 Å². The molecule has 110 valence electrons. The van der Waals surface area contributed by atoms with Crippen molar-refractivity contribution >= 4 is 17.2 Å². The summed E-state index contributed by atoms with van der Waals surface area (Å²) in [5.74, 6) is 1.47. The van der Waals surface area contributed by atoms with Gasteiger partial charge >= 0.3 is 0 Å². The van der Waals surface area contributed by atoms with Crippen LogP contribution in [0.25, 0.3) is 0 Å². The van der Waals surface area contributed by atoms with Gasteiger partial charge in [-0.1, -0.05) is 0 Å². The van der Waals surface area contributed by atoms with Gasteiger partial charge in [0, 0.05) is 43.9 Å². The molecule has 1 saturated heterocycles. The van der Waals surface area contributed by atoms with Crippen LogP contribution in [-0.2, 0) is 0 Å². The maximum Gasteiger partial charge on any atom is 0.149 e. The van der Waals surface area contributed by atoms with Crippen molar-refractivity contribution in [2.75, 3.05) is 35.6 Å². The van der Waals surface area contributed by atoms with Gasteiger partial charge in [-0.3, -0.25) is 4.98 Å². The lowest BCUT2D eigenvalue weighted by molar-refractivity contribution is 0.423. The first-order valence-electron chi connectivity index (χ1n) is 7.42. The Hall–Kier alpha value is -2.30. The third-order valence-corrected chi connectivity index (χ3v) is 4.04. The van der Waals surface area contributed by atoms with E-state index in [-0.39, 0.29) is 0 Å². The van der Waals surface area contributed by atoms with E-state index in [0.717, 1.165) is 25.5 Å². The van der Waals surface area contributed by atoms with E-state index in [1.807, 2.05) is 24.5 Å². The number of anilines is 3. The van der Waals surface area contributed by atoms with Crippen LogP contribution >= 0.6 is 0 Å².